The van der Waals surface area contributed by atoms with E-state index in [1.54, 1.807) is 6.92 Å². The van der Waals surface area contributed by atoms with E-state index in [4.69, 9.17) is 5.73 Å². The van der Waals surface area contributed by atoms with Crippen molar-refractivity contribution in [1.29, 1.82) is 0 Å². The van der Waals surface area contributed by atoms with Crippen molar-refractivity contribution in [2.24, 2.45) is 5.73 Å². The molecule has 0 atom stereocenters. The number of rotatable bonds is 5. The van der Waals surface area contributed by atoms with Crippen LogP contribution in [0, 0.1) is 0 Å². The van der Waals surface area contributed by atoms with E-state index in [1.165, 1.54) is 0 Å². The highest BCUT2D eigenvalue weighted by molar-refractivity contribution is 5.88. The maximum Gasteiger partial charge on any atom is 0.336 e. The lowest BCUT2D eigenvalue weighted by molar-refractivity contribution is -0.143. The number of esters is 2. The lowest BCUT2D eigenvalue weighted by Crippen LogP contribution is -2.20. The normalized spacial score (nSPS) is 9.08. The van der Waals surface area contributed by atoms with Crippen LogP contribution in [0.3, 0.4) is 0 Å². The molecule has 0 aliphatic carbocycles. The van der Waals surface area contributed by atoms with Gasteiger partial charge in [-0.15, -0.1) is 0 Å². The molecule has 0 aromatic rings. The number of carbonyl (C=O) groups is 2. The molecule has 0 rings (SSSR count). The number of carbonyl (C=O) groups excluding carboxylic acids is 2. The van der Waals surface area contributed by atoms with E-state index in [0.717, 1.165) is 0 Å². The van der Waals surface area contributed by atoms with Gasteiger partial charge in [-0.05, 0) is 6.92 Å². The Kier molecular flexibility index (Phi) is 5.54. The molecule has 0 heterocycles. The van der Waals surface area contributed by atoms with E-state index in [-0.39, 0.29) is 25.3 Å². The fraction of sp³-hybridized carbons (Fsp3) is 0.500. The van der Waals surface area contributed by atoms with Crippen LogP contribution in [0.4, 0.5) is 0 Å². The van der Waals surface area contributed by atoms with Crippen molar-refractivity contribution in [1.82, 2.24) is 0 Å². The molecule has 5 nitrogen and oxygen atoms in total. The molecule has 13 heavy (non-hydrogen) atoms. The Labute approximate surface area is 76.5 Å². The zero-order valence-corrected chi connectivity index (χ0v) is 7.54. The van der Waals surface area contributed by atoms with Crippen LogP contribution in [0.25, 0.3) is 0 Å². The van der Waals surface area contributed by atoms with Crippen LogP contribution < -0.4 is 5.73 Å². The summed E-state index contributed by atoms with van der Waals surface area (Å²) in [7, 11) is 0. The highest BCUT2D eigenvalue weighted by Crippen LogP contribution is 1.95. The molecule has 0 aromatic carbocycles. The molecule has 74 valence electrons. The Hall–Kier alpha value is -1.36. The van der Waals surface area contributed by atoms with Gasteiger partial charge in [-0.1, -0.05) is 6.58 Å². The van der Waals surface area contributed by atoms with Crippen LogP contribution >= 0.6 is 0 Å². The number of nitrogens with two attached hydrogens (primary N) is 1. The zero-order valence-electron chi connectivity index (χ0n) is 7.54. The first-order chi connectivity index (χ1) is 6.11. The Morgan fingerprint density at radius 1 is 1.38 bits per heavy atom. The van der Waals surface area contributed by atoms with Gasteiger partial charge < -0.3 is 15.2 Å². The van der Waals surface area contributed by atoms with Gasteiger partial charge in [-0.25, -0.2) is 4.79 Å². The molecule has 0 saturated carbocycles. The lowest BCUT2D eigenvalue weighted by atomic mass is 10.3. The van der Waals surface area contributed by atoms with Crippen molar-refractivity contribution < 1.29 is 19.1 Å². The summed E-state index contributed by atoms with van der Waals surface area (Å²) in [5, 5.41) is 0. The van der Waals surface area contributed by atoms with Gasteiger partial charge >= 0.3 is 11.9 Å². The molecule has 5 heteroatoms. The highest BCUT2D eigenvalue weighted by Gasteiger charge is 2.09. The summed E-state index contributed by atoms with van der Waals surface area (Å²) < 4.78 is 9.16. The van der Waals surface area contributed by atoms with Gasteiger partial charge in [0.2, 0.25) is 0 Å². The molecule has 0 unspecified atom stereocenters. The number of ether oxygens (including phenoxy) is 2. The van der Waals surface area contributed by atoms with E-state index in [1.807, 2.05) is 0 Å². The van der Waals surface area contributed by atoms with E-state index >= 15 is 0 Å². The molecule has 0 fully saturated rings. The quantitative estimate of drug-likeness (QED) is 0.468. The molecule has 0 aromatic heterocycles. The summed E-state index contributed by atoms with van der Waals surface area (Å²) in [6, 6.07) is 0. The van der Waals surface area contributed by atoms with Crippen LogP contribution in [-0.4, -0.2) is 31.7 Å². The van der Waals surface area contributed by atoms with Crippen molar-refractivity contribution in [3.05, 3.63) is 12.2 Å². The average molecular weight is 187 g/mol. The molecule has 0 aliphatic heterocycles. The minimum atomic E-state index is -0.578. The topological polar surface area (TPSA) is 78.6 Å². The van der Waals surface area contributed by atoms with Gasteiger partial charge in [0, 0.05) is 0 Å². The predicted octanol–water partition coefficient (Wildman–Crippen LogP) is -0.392. The van der Waals surface area contributed by atoms with E-state index in [9.17, 15) is 9.59 Å². The summed E-state index contributed by atoms with van der Waals surface area (Å²) in [4.78, 5) is 21.5. The van der Waals surface area contributed by atoms with Crippen molar-refractivity contribution in [3.8, 4) is 0 Å². The number of hydrogen-bond acceptors (Lipinski definition) is 5. The minimum Gasteiger partial charge on any atom is -0.463 e. The second-order valence-electron chi connectivity index (χ2n) is 2.19. The minimum absolute atomic E-state index is 0.101. The number of hydrogen-bond donors (Lipinski definition) is 1. The summed E-state index contributed by atoms with van der Waals surface area (Å²) >= 11 is 0. The molecule has 0 amide bonds. The van der Waals surface area contributed by atoms with Crippen molar-refractivity contribution in [2.75, 3.05) is 19.8 Å². The smallest absolute Gasteiger partial charge is 0.336 e. The first kappa shape index (κ1) is 11.6. The van der Waals surface area contributed by atoms with Gasteiger partial charge in [-0.2, -0.15) is 0 Å². The maximum absolute atomic E-state index is 10.9. The van der Waals surface area contributed by atoms with Crippen LogP contribution in [0.1, 0.15) is 6.92 Å². The highest BCUT2D eigenvalue weighted by atomic mass is 16.5. The monoisotopic (exact) mass is 187 g/mol. The SMILES string of the molecule is C=C(COC(=O)CN)C(=O)OCC. The predicted molar refractivity (Wildman–Crippen MR) is 45.8 cm³/mol. The van der Waals surface area contributed by atoms with Crippen LogP contribution in [0.2, 0.25) is 0 Å². The van der Waals surface area contributed by atoms with E-state index in [2.05, 4.69) is 16.1 Å². The zero-order chi connectivity index (χ0) is 10.3. The average Bonchev–Trinajstić information content (AvgIpc) is 2.13. The van der Waals surface area contributed by atoms with Gasteiger partial charge in [0.25, 0.3) is 0 Å². The second-order valence-corrected chi connectivity index (χ2v) is 2.19. The Morgan fingerprint density at radius 2 is 2.00 bits per heavy atom. The second kappa shape index (κ2) is 6.19. The maximum atomic E-state index is 10.9. The van der Waals surface area contributed by atoms with Crippen LogP contribution in [-0.2, 0) is 19.1 Å². The van der Waals surface area contributed by atoms with E-state index < -0.39 is 11.9 Å². The first-order valence-electron chi connectivity index (χ1n) is 3.82. The molecule has 0 spiro atoms. The van der Waals surface area contributed by atoms with Gasteiger partial charge in [-0.3, -0.25) is 4.79 Å². The van der Waals surface area contributed by atoms with Gasteiger partial charge in [0.1, 0.15) is 6.61 Å². The molecule has 0 aliphatic rings. The summed E-state index contributed by atoms with van der Waals surface area (Å²) in [5.41, 5.74) is 5.07. The largest absolute Gasteiger partial charge is 0.463 e. The summed E-state index contributed by atoms with van der Waals surface area (Å²) in [6.07, 6.45) is 0. The van der Waals surface area contributed by atoms with Crippen LogP contribution in [0.15, 0.2) is 12.2 Å². The standard InChI is InChI=1S/C8H13NO4/c1-3-12-8(11)6(2)5-13-7(10)4-9/h2-5,9H2,1H3. The van der Waals surface area contributed by atoms with Crippen molar-refractivity contribution >= 4 is 11.9 Å². The molecular formula is C8H13NO4. The lowest BCUT2D eigenvalue weighted by Gasteiger charge is -2.05. The third-order valence-electron chi connectivity index (χ3n) is 1.14. The molecular weight excluding hydrogens is 174 g/mol. The van der Waals surface area contributed by atoms with Crippen molar-refractivity contribution in [3.63, 3.8) is 0 Å². The van der Waals surface area contributed by atoms with E-state index in [0.29, 0.717) is 0 Å². The van der Waals surface area contributed by atoms with Crippen LogP contribution in [0.5, 0.6) is 0 Å². The Bertz CT molecular complexity index is 212. The van der Waals surface area contributed by atoms with Gasteiger partial charge in [0.05, 0.1) is 18.7 Å². The third kappa shape index (κ3) is 4.97. The summed E-state index contributed by atoms with van der Waals surface area (Å²) in [5.74, 6) is -1.14. The Balaban J connectivity index is 3.74. The fourth-order valence-corrected chi connectivity index (χ4v) is 0.519. The summed E-state index contributed by atoms with van der Waals surface area (Å²) in [6.45, 7) is 4.95. The van der Waals surface area contributed by atoms with Crippen molar-refractivity contribution in [2.45, 2.75) is 6.92 Å². The van der Waals surface area contributed by atoms with Gasteiger partial charge in [0.15, 0.2) is 0 Å². The fourth-order valence-electron chi connectivity index (χ4n) is 0.519. The third-order valence-corrected chi connectivity index (χ3v) is 1.14. The molecule has 0 bridgehead atoms. The Morgan fingerprint density at radius 3 is 2.46 bits per heavy atom. The molecule has 0 saturated heterocycles. The first-order valence-corrected chi connectivity index (χ1v) is 3.82. The molecule has 2 N–H and O–H groups in total. The molecule has 0 radical (unpaired) electrons.